The number of aryl methyl sites for hydroxylation is 1. The molecule has 3 aromatic carbocycles. The van der Waals surface area contributed by atoms with Crippen LogP contribution in [0.4, 0.5) is 11.4 Å². The zero-order valence-electron chi connectivity index (χ0n) is 19.6. The number of hydrogen-bond donors (Lipinski definition) is 2. The highest BCUT2D eigenvalue weighted by molar-refractivity contribution is 6.10. The van der Waals surface area contributed by atoms with Crippen molar-refractivity contribution < 1.29 is 23.8 Å². The molecule has 35 heavy (non-hydrogen) atoms. The van der Waals surface area contributed by atoms with Crippen LogP contribution >= 0.6 is 0 Å². The molecule has 0 saturated carbocycles. The van der Waals surface area contributed by atoms with E-state index in [9.17, 15) is 14.9 Å². The molecule has 0 heterocycles. The molecule has 178 valence electrons. The smallest absolute Gasteiger partial charge is 0.266 e. The minimum Gasteiger partial charge on any atom is -0.495 e. The molecule has 2 N–H and O–H groups in total. The van der Waals surface area contributed by atoms with Gasteiger partial charge in [-0.3, -0.25) is 9.59 Å². The van der Waals surface area contributed by atoms with Gasteiger partial charge in [-0.25, -0.2) is 0 Å². The maximum Gasteiger partial charge on any atom is 0.266 e. The van der Waals surface area contributed by atoms with Crippen LogP contribution in [0.5, 0.6) is 17.2 Å². The van der Waals surface area contributed by atoms with Crippen LogP contribution in [-0.4, -0.2) is 32.6 Å². The number of nitrogens with one attached hydrogen (secondary N) is 2. The zero-order chi connectivity index (χ0) is 25.2. The van der Waals surface area contributed by atoms with Gasteiger partial charge in [-0.2, -0.15) is 5.26 Å². The maximum absolute atomic E-state index is 12.6. The molecule has 0 radical (unpaired) electrons. The largest absolute Gasteiger partial charge is 0.495 e. The number of anilines is 2. The summed E-state index contributed by atoms with van der Waals surface area (Å²) in [6.45, 7) is 1.75. The highest BCUT2D eigenvalue weighted by Gasteiger charge is 2.14. The van der Waals surface area contributed by atoms with Crippen molar-refractivity contribution in [2.75, 3.05) is 31.5 Å². The van der Waals surface area contributed by atoms with Crippen LogP contribution in [-0.2, 0) is 9.59 Å². The normalized spacial score (nSPS) is 10.6. The number of methoxy groups -OCH3 is 2. The Hall–Kier alpha value is -4.77. The van der Waals surface area contributed by atoms with E-state index in [-0.39, 0.29) is 18.1 Å². The Labute approximate surface area is 203 Å². The lowest BCUT2D eigenvalue weighted by Gasteiger charge is -2.12. The van der Waals surface area contributed by atoms with Crippen molar-refractivity contribution >= 4 is 29.3 Å². The summed E-state index contributed by atoms with van der Waals surface area (Å²) in [6, 6.07) is 21.1. The summed E-state index contributed by atoms with van der Waals surface area (Å²) >= 11 is 0. The average molecular weight is 472 g/mol. The summed E-state index contributed by atoms with van der Waals surface area (Å²) in [5.41, 5.74) is 2.66. The quantitative estimate of drug-likeness (QED) is 0.349. The molecule has 0 atom stereocenters. The molecule has 8 nitrogen and oxygen atoms in total. The van der Waals surface area contributed by atoms with Gasteiger partial charge in [0.05, 0.1) is 19.9 Å². The molecule has 8 heteroatoms. The molecule has 3 aromatic rings. The van der Waals surface area contributed by atoms with Crippen molar-refractivity contribution in [2.45, 2.75) is 6.92 Å². The number of rotatable bonds is 9. The number of carbonyl (C=O) groups excluding carboxylic acids is 2. The van der Waals surface area contributed by atoms with Crippen molar-refractivity contribution in [1.82, 2.24) is 0 Å². The van der Waals surface area contributed by atoms with Crippen LogP contribution in [0, 0.1) is 18.3 Å². The standard InChI is InChI=1S/C27H25N3O5/c1-18-8-11-21(12-9-18)29-26(31)17-35-24-13-10-19(15-25(24)34-3)14-20(16-28)27(32)30-22-6-4-5-7-23(22)33-2/h4-15H,17H2,1-3H3,(H,29,31)(H,30,32). The Kier molecular flexibility index (Phi) is 8.46. The van der Waals surface area contributed by atoms with Gasteiger partial charge in [-0.15, -0.1) is 0 Å². The van der Waals surface area contributed by atoms with Gasteiger partial charge < -0.3 is 24.8 Å². The second-order valence-corrected chi connectivity index (χ2v) is 7.44. The number of ether oxygens (including phenoxy) is 3. The minimum absolute atomic E-state index is 0.107. The van der Waals surface area contributed by atoms with Crippen molar-refractivity contribution in [2.24, 2.45) is 0 Å². The zero-order valence-corrected chi connectivity index (χ0v) is 19.6. The predicted octanol–water partition coefficient (Wildman–Crippen LogP) is 4.58. The van der Waals surface area contributed by atoms with Gasteiger partial charge in [0.15, 0.2) is 18.1 Å². The first-order valence-corrected chi connectivity index (χ1v) is 10.7. The van der Waals surface area contributed by atoms with E-state index in [1.165, 1.54) is 20.3 Å². The SMILES string of the molecule is COc1ccccc1NC(=O)C(C#N)=Cc1ccc(OCC(=O)Nc2ccc(C)cc2)c(OC)c1. The van der Waals surface area contributed by atoms with E-state index in [1.54, 1.807) is 42.5 Å². The van der Waals surface area contributed by atoms with Gasteiger partial charge in [-0.05, 0) is 55.0 Å². The lowest BCUT2D eigenvalue weighted by Crippen LogP contribution is -2.20. The lowest BCUT2D eigenvalue weighted by atomic mass is 10.1. The van der Waals surface area contributed by atoms with E-state index in [0.29, 0.717) is 34.2 Å². The number of benzene rings is 3. The fourth-order valence-corrected chi connectivity index (χ4v) is 3.12. The molecule has 0 aliphatic heterocycles. The molecule has 0 aliphatic rings. The van der Waals surface area contributed by atoms with Crippen molar-refractivity contribution in [3.63, 3.8) is 0 Å². The minimum atomic E-state index is -0.580. The van der Waals surface area contributed by atoms with Crippen LogP contribution in [0.2, 0.25) is 0 Å². The summed E-state index contributed by atoms with van der Waals surface area (Å²) in [7, 11) is 2.95. The van der Waals surface area contributed by atoms with Crippen LogP contribution < -0.4 is 24.8 Å². The summed E-state index contributed by atoms with van der Waals surface area (Å²) in [5.74, 6) is 0.279. The summed E-state index contributed by atoms with van der Waals surface area (Å²) in [4.78, 5) is 24.8. The predicted molar refractivity (Wildman–Crippen MR) is 134 cm³/mol. The highest BCUT2D eigenvalue weighted by Crippen LogP contribution is 2.29. The van der Waals surface area contributed by atoms with Crippen molar-refractivity contribution in [3.05, 3.63) is 83.4 Å². The topological polar surface area (TPSA) is 110 Å². The van der Waals surface area contributed by atoms with Crippen LogP contribution in [0.25, 0.3) is 6.08 Å². The van der Waals surface area contributed by atoms with Gasteiger partial charge in [0.25, 0.3) is 11.8 Å². The van der Waals surface area contributed by atoms with E-state index in [0.717, 1.165) is 5.56 Å². The number of hydrogen-bond acceptors (Lipinski definition) is 6. The first kappa shape index (κ1) is 24.9. The third-order valence-corrected chi connectivity index (χ3v) is 4.91. The van der Waals surface area contributed by atoms with Gasteiger partial charge >= 0.3 is 0 Å². The molecule has 0 bridgehead atoms. The van der Waals surface area contributed by atoms with E-state index >= 15 is 0 Å². The van der Waals surface area contributed by atoms with E-state index < -0.39 is 5.91 Å². The van der Waals surface area contributed by atoms with Crippen molar-refractivity contribution in [3.8, 4) is 23.3 Å². The van der Waals surface area contributed by atoms with E-state index in [2.05, 4.69) is 10.6 Å². The number of carbonyl (C=O) groups is 2. The van der Waals surface area contributed by atoms with Crippen molar-refractivity contribution in [1.29, 1.82) is 5.26 Å². The monoisotopic (exact) mass is 471 g/mol. The Bertz CT molecular complexity index is 1280. The Morgan fingerprint density at radius 1 is 0.914 bits per heavy atom. The van der Waals surface area contributed by atoms with Gasteiger partial charge in [0, 0.05) is 5.69 Å². The highest BCUT2D eigenvalue weighted by atomic mass is 16.5. The molecule has 0 unspecified atom stereocenters. The van der Waals surface area contributed by atoms with E-state index in [4.69, 9.17) is 14.2 Å². The maximum atomic E-state index is 12.6. The molecule has 3 rings (SSSR count). The van der Waals surface area contributed by atoms with Crippen LogP contribution in [0.1, 0.15) is 11.1 Å². The average Bonchev–Trinajstić information content (AvgIpc) is 2.87. The number of para-hydroxylation sites is 2. The van der Waals surface area contributed by atoms with Gasteiger partial charge in [0.1, 0.15) is 17.4 Å². The number of nitriles is 1. The fourth-order valence-electron chi connectivity index (χ4n) is 3.12. The van der Waals surface area contributed by atoms with E-state index in [1.807, 2.05) is 37.3 Å². The number of nitrogens with zero attached hydrogens (tertiary/aromatic N) is 1. The Morgan fingerprint density at radius 3 is 2.31 bits per heavy atom. The molecule has 0 aromatic heterocycles. The second kappa shape index (κ2) is 11.9. The summed E-state index contributed by atoms with van der Waals surface area (Å²) in [5, 5.41) is 14.9. The van der Waals surface area contributed by atoms with Gasteiger partial charge in [-0.1, -0.05) is 35.9 Å². The summed E-state index contributed by atoms with van der Waals surface area (Å²) < 4.78 is 16.2. The van der Waals surface area contributed by atoms with Crippen LogP contribution in [0.15, 0.2) is 72.3 Å². The van der Waals surface area contributed by atoms with Crippen LogP contribution in [0.3, 0.4) is 0 Å². The number of amides is 2. The molecular formula is C27H25N3O5. The molecular weight excluding hydrogens is 446 g/mol. The second-order valence-electron chi connectivity index (χ2n) is 7.44. The fraction of sp³-hybridized carbons (Fsp3) is 0.148. The third-order valence-electron chi connectivity index (χ3n) is 4.91. The molecule has 0 spiro atoms. The van der Waals surface area contributed by atoms with Gasteiger partial charge in [0.2, 0.25) is 0 Å². The summed E-state index contributed by atoms with van der Waals surface area (Å²) in [6.07, 6.45) is 1.43. The lowest BCUT2D eigenvalue weighted by molar-refractivity contribution is -0.118. The first-order chi connectivity index (χ1) is 16.9. The molecule has 0 saturated heterocycles. The Morgan fingerprint density at radius 2 is 1.63 bits per heavy atom. The third kappa shape index (κ3) is 6.85. The molecule has 0 aliphatic carbocycles. The molecule has 2 amide bonds. The first-order valence-electron chi connectivity index (χ1n) is 10.7. The Balaban J connectivity index is 1.68. The molecule has 0 fully saturated rings.